The minimum Gasteiger partial charge on any atom is -0.508 e. The second kappa shape index (κ2) is 8.31. The molecule has 0 aliphatic rings. The molecule has 0 bridgehead atoms. The molecule has 0 aliphatic carbocycles. The van der Waals surface area contributed by atoms with E-state index in [0.717, 1.165) is 22.3 Å². The molecule has 4 N–H and O–H groups in total. The molecule has 4 heteroatoms. The first-order valence-electron chi connectivity index (χ1n) is 10.5. The van der Waals surface area contributed by atoms with Gasteiger partial charge in [0.2, 0.25) is 0 Å². The molecule has 0 heterocycles. The molecule has 0 aromatic heterocycles. The van der Waals surface area contributed by atoms with Crippen LogP contribution in [-0.2, 0) is 11.8 Å². The van der Waals surface area contributed by atoms with E-state index in [9.17, 15) is 20.4 Å². The van der Waals surface area contributed by atoms with Crippen LogP contribution in [0.5, 0.6) is 23.0 Å². The molecule has 0 fully saturated rings. The average molecular weight is 427 g/mol. The molecule has 0 saturated heterocycles. The lowest BCUT2D eigenvalue weighted by atomic mass is 9.65. The van der Waals surface area contributed by atoms with Crippen LogP contribution in [0.15, 0.2) is 84.9 Å². The highest BCUT2D eigenvalue weighted by atomic mass is 16.3. The van der Waals surface area contributed by atoms with E-state index in [4.69, 9.17) is 0 Å². The zero-order chi connectivity index (χ0) is 22.9. The van der Waals surface area contributed by atoms with E-state index >= 15 is 0 Å². The van der Waals surface area contributed by atoms with Gasteiger partial charge in [0.25, 0.3) is 0 Å². The fraction of sp³-hybridized carbons (Fsp3) is 0.143. The van der Waals surface area contributed by atoms with Crippen LogP contribution in [0.2, 0.25) is 0 Å². The molecule has 0 spiro atoms. The second-order valence-electron chi connectivity index (χ2n) is 8.34. The van der Waals surface area contributed by atoms with Gasteiger partial charge in [-0.1, -0.05) is 48.5 Å². The summed E-state index contributed by atoms with van der Waals surface area (Å²) in [6, 6.07) is 24.8. The minimum absolute atomic E-state index is 0.122. The third-order valence-electron chi connectivity index (χ3n) is 5.99. The first-order valence-corrected chi connectivity index (χ1v) is 10.5. The summed E-state index contributed by atoms with van der Waals surface area (Å²) in [7, 11) is 0. The van der Waals surface area contributed by atoms with Crippen LogP contribution < -0.4 is 0 Å². The monoisotopic (exact) mass is 426 g/mol. The number of phenolic OH excluding ortho intramolecular Hbond substituents is 4. The van der Waals surface area contributed by atoms with Crippen LogP contribution in [0.4, 0.5) is 0 Å². The first kappa shape index (κ1) is 21.3. The normalized spacial score (nSPS) is 11.4. The van der Waals surface area contributed by atoms with Crippen molar-refractivity contribution in [3.8, 4) is 23.0 Å². The lowest BCUT2D eigenvalue weighted by molar-refractivity contribution is 0.432. The SMILES string of the molecule is Cc1ccc(C(Cc2ccc(O)cc2)(c2ccc(O)cc2)c2ccc(C)cc2O)c(O)c1. The van der Waals surface area contributed by atoms with Gasteiger partial charge in [-0.05, 0) is 78.9 Å². The number of rotatable bonds is 5. The lowest BCUT2D eigenvalue weighted by Crippen LogP contribution is -2.32. The highest BCUT2D eigenvalue weighted by molar-refractivity contribution is 5.61. The van der Waals surface area contributed by atoms with Gasteiger partial charge in [-0.25, -0.2) is 0 Å². The van der Waals surface area contributed by atoms with Gasteiger partial charge in [0.05, 0.1) is 5.41 Å². The fourth-order valence-electron chi connectivity index (χ4n) is 4.42. The zero-order valence-corrected chi connectivity index (χ0v) is 18.1. The molecule has 0 saturated carbocycles. The van der Waals surface area contributed by atoms with E-state index in [-0.39, 0.29) is 23.0 Å². The Balaban J connectivity index is 2.09. The molecular weight excluding hydrogens is 400 g/mol. The van der Waals surface area contributed by atoms with Gasteiger partial charge in [-0.2, -0.15) is 0 Å². The van der Waals surface area contributed by atoms with Crippen molar-refractivity contribution >= 4 is 0 Å². The number of hydrogen-bond acceptors (Lipinski definition) is 4. The van der Waals surface area contributed by atoms with Gasteiger partial charge >= 0.3 is 0 Å². The Morgan fingerprint density at radius 1 is 0.562 bits per heavy atom. The zero-order valence-electron chi connectivity index (χ0n) is 18.1. The average Bonchev–Trinajstić information content (AvgIpc) is 2.75. The Labute approximate surface area is 187 Å². The number of hydrogen-bond donors (Lipinski definition) is 4. The number of phenols is 4. The Morgan fingerprint density at radius 2 is 1.00 bits per heavy atom. The van der Waals surface area contributed by atoms with E-state index < -0.39 is 5.41 Å². The van der Waals surface area contributed by atoms with Crippen molar-refractivity contribution in [1.29, 1.82) is 0 Å². The van der Waals surface area contributed by atoms with Crippen LogP contribution in [0.3, 0.4) is 0 Å². The van der Waals surface area contributed by atoms with E-state index in [1.165, 1.54) is 0 Å². The molecule has 4 aromatic rings. The number of aromatic hydroxyl groups is 4. The predicted octanol–water partition coefficient (Wildman–Crippen LogP) is 5.70. The van der Waals surface area contributed by atoms with Gasteiger partial charge in [-0.3, -0.25) is 0 Å². The number of aryl methyl sites for hydroxylation is 2. The third-order valence-corrected chi connectivity index (χ3v) is 5.99. The summed E-state index contributed by atoms with van der Waals surface area (Å²) >= 11 is 0. The Hall–Kier alpha value is -3.92. The van der Waals surface area contributed by atoms with Crippen molar-refractivity contribution in [3.05, 3.63) is 118 Å². The molecule has 4 nitrogen and oxygen atoms in total. The predicted molar refractivity (Wildman–Crippen MR) is 125 cm³/mol. The van der Waals surface area contributed by atoms with Crippen molar-refractivity contribution < 1.29 is 20.4 Å². The van der Waals surface area contributed by atoms with Crippen molar-refractivity contribution in [2.45, 2.75) is 25.7 Å². The topological polar surface area (TPSA) is 80.9 Å². The Morgan fingerprint density at radius 3 is 1.44 bits per heavy atom. The molecule has 4 aromatic carbocycles. The van der Waals surface area contributed by atoms with Gasteiger partial charge in [-0.15, -0.1) is 0 Å². The highest BCUT2D eigenvalue weighted by Crippen LogP contribution is 2.49. The van der Waals surface area contributed by atoms with Gasteiger partial charge in [0, 0.05) is 11.1 Å². The standard InChI is InChI=1S/C28H26O4/c1-18-3-13-24(26(31)15-18)28(21-7-11-23(30)12-8-21,17-20-5-9-22(29)10-6-20)25-14-4-19(2)16-27(25)32/h3-16,29-32H,17H2,1-2H3. The van der Waals surface area contributed by atoms with E-state index in [1.807, 2.05) is 62.4 Å². The van der Waals surface area contributed by atoms with Gasteiger partial charge in [0.15, 0.2) is 0 Å². The maximum absolute atomic E-state index is 11.1. The minimum atomic E-state index is -0.958. The molecule has 0 amide bonds. The molecule has 0 unspecified atom stereocenters. The summed E-state index contributed by atoms with van der Waals surface area (Å²) in [5.74, 6) is 0.544. The summed E-state index contributed by atoms with van der Waals surface area (Å²) in [5.41, 5.74) is 3.88. The van der Waals surface area contributed by atoms with Crippen LogP contribution >= 0.6 is 0 Å². The summed E-state index contributed by atoms with van der Waals surface area (Å²) in [6.45, 7) is 3.82. The van der Waals surface area contributed by atoms with Crippen molar-refractivity contribution in [2.75, 3.05) is 0 Å². The van der Waals surface area contributed by atoms with Crippen molar-refractivity contribution in [1.82, 2.24) is 0 Å². The first-order chi connectivity index (χ1) is 15.3. The Bertz CT molecular complexity index is 1190. The third kappa shape index (κ3) is 3.87. The smallest absolute Gasteiger partial charge is 0.120 e. The van der Waals surface area contributed by atoms with Crippen LogP contribution in [0.1, 0.15) is 33.4 Å². The summed E-state index contributed by atoms with van der Waals surface area (Å²) in [6.07, 6.45) is 0.408. The van der Waals surface area contributed by atoms with Crippen LogP contribution in [0.25, 0.3) is 0 Å². The number of benzene rings is 4. The second-order valence-corrected chi connectivity index (χ2v) is 8.34. The van der Waals surface area contributed by atoms with E-state index in [0.29, 0.717) is 17.5 Å². The maximum Gasteiger partial charge on any atom is 0.120 e. The Kier molecular flexibility index (Phi) is 5.54. The molecule has 32 heavy (non-hydrogen) atoms. The largest absolute Gasteiger partial charge is 0.508 e. The van der Waals surface area contributed by atoms with E-state index in [2.05, 4.69) is 0 Å². The molecule has 0 aliphatic heterocycles. The molecule has 0 radical (unpaired) electrons. The molecular formula is C28H26O4. The van der Waals surface area contributed by atoms with Crippen LogP contribution in [-0.4, -0.2) is 20.4 Å². The fourth-order valence-corrected chi connectivity index (χ4v) is 4.42. The summed E-state index contributed by atoms with van der Waals surface area (Å²) in [5, 5.41) is 41.9. The molecule has 162 valence electrons. The van der Waals surface area contributed by atoms with Crippen molar-refractivity contribution in [3.63, 3.8) is 0 Å². The van der Waals surface area contributed by atoms with Crippen molar-refractivity contribution in [2.24, 2.45) is 0 Å². The van der Waals surface area contributed by atoms with E-state index in [1.54, 1.807) is 36.4 Å². The van der Waals surface area contributed by atoms with Gasteiger partial charge in [0.1, 0.15) is 23.0 Å². The van der Waals surface area contributed by atoms with Crippen LogP contribution in [0, 0.1) is 13.8 Å². The molecule has 0 atom stereocenters. The quantitative estimate of drug-likeness (QED) is 0.309. The highest BCUT2D eigenvalue weighted by Gasteiger charge is 2.40. The maximum atomic E-state index is 11.1. The summed E-state index contributed by atoms with van der Waals surface area (Å²) < 4.78 is 0. The lowest BCUT2D eigenvalue weighted by Gasteiger charge is -2.37. The summed E-state index contributed by atoms with van der Waals surface area (Å²) in [4.78, 5) is 0. The van der Waals surface area contributed by atoms with Gasteiger partial charge < -0.3 is 20.4 Å². The molecule has 4 rings (SSSR count).